The van der Waals surface area contributed by atoms with Gasteiger partial charge in [-0.25, -0.2) is 4.99 Å². The molecular formula is C24H24F3N3. The maximum atomic E-state index is 13.6. The van der Waals surface area contributed by atoms with Gasteiger partial charge in [0.05, 0.1) is 5.56 Å². The Morgan fingerprint density at radius 2 is 1.77 bits per heavy atom. The van der Waals surface area contributed by atoms with Crippen LogP contribution in [0.5, 0.6) is 0 Å². The Morgan fingerprint density at radius 1 is 1.07 bits per heavy atom. The summed E-state index contributed by atoms with van der Waals surface area (Å²) in [5, 5.41) is 6.57. The predicted molar refractivity (Wildman–Crippen MR) is 114 cm³/mol. The first-order valence-corrected chi connectivity index (χ1v) is 10.1. The molecule has 0 spiro atoms. The fraction of sp³-hybridized carbons (Fsp3) is 0.292. The Bertz CT molecular complexity index is 1030. The van der Waals surface area contributed by atoms with Gasteiger partial charge in [0.2, 0.25) is 0 Å². The van der Waals surface area contributed by atoms with E-state index in [2.05, 4.69) is 22.2 Å². The van der Waals surface area contributed by atoms with Crippen molar-refractivity contribution in [2.45, 2.75) is 44.9 Å². The third-order valence-electron chi connectivity index (χ3n) is 5.62. The van der Waals surface area contributed by atoms with Gasteiger partial charge in [-0.3, -0.25) is 0 Å². The molecule has 30 heavy (non-hydrogen) atoms. The number of allylic oxidation sites excluding steroid dienone is 1. The second kappa shape index (κ2) is 8.01. The normalized spacial score (nSPS) is 18.9. The van der Waals surface area contributed by atoms with E-state index in [4.69, 9.17) is 0 Å². The Balaban J connectivity index is 1.72. The smallest absolute Gasteiger partial charge is 0.363 e. The number of alkyl halides is 3. The van der Waals surface area contributed by atoms with Crippen molar-refractivity contribution in [3.05, 3.63) is 88.6 Å². The lowest BCUT2D eigenvalue weighted by Crippen LogP contribution is -2.36. The number of halogens is 3. The highest BCUT2D eigenvalue weighted by atomic mass is 19.4. The number of hydrogen-bond donors (Lipinski definition) is 2. The van der Waals surface area contributed by atoms with E-state index in [0.717, 1.165) is 54.1 Å². The molecule has 2 aromatic rings. The van der Waals surface area contributed by atoms with Crippen molar-refractivity contribution in [1.82, 2.24) is 10.6 Å². The second-order valence-electron chi connectivity index (χ2n) is 7.69. The fourth-order valence-electron chi connectivity index (χ4n) is 4.10. The average Bonchev–Trinajstić information content (AvgIpc) is 2.73. The van der Waals surface area contributed by atoms with Crippen LogP contribution in [0.25, 0.3) is 5.70 Å². The Morgan fingerprint density at radius 3 is 2.53 bits per heavy atom. The molecule has 0 amide bonds. The highest BCUT2D eigenvalue weighted by Crippen LogP contribution is 2.38. The van der Waals surface area contributed by atoms with Gasteiger partial charge in [0.1, 0.15) is 12.0 Å². The van der Waals surface area contributed by atoms with Crippen LogP contribution in [0.15, 0.2) is 71.4 Å². The molecule has 2 N–H and O–H groups in total. The first-order valence-electron chi connectivity index (χ1n) is 10.1. The number of benzene rings is 2. The Labute approximate surface area is 174 Å². The van der Waals surface area contributed by atoms with Gasteiger partial charge in [-0.05, 0) is 44.2 Å². The molecule has 1 unspecified atom stereocenters. The summed E-state index contributed by atoms with van der Waals surface area (Å²) in [6.45, 7) is 6.16. The van der Waals surface area contributed by atoms with Crippen LogP contribution in [0.4, 0.5) is 13.2 Å². The van der Waals surface area contributed by atoms with Crippen LogP contribution in [0.3, 0.4) is 0 Å². The van der Waals surface area contributed by atoms with Crippen molar-refractivity contribution in [3.63, 3.8) is 0 Å². The number of rotatable bonds is 3. The summed E-state index contributed by atoms with van der Waals surface area (Å²) in [6.07, 6.45) is -1.56. The third-order valence-corrected chi connectivity index (χ3v) is 5.62. The van der Waals surface area contributed by atoms with Crippen LogP contribution in [-0.4, -0.2) is 5.84 Å². The fourth-order valence-corrected chi connectivity index (χ4v) is 4.10. The quantitative estimate of drug-likeness (QED) is 0.640. The summed E-state index contributed by atoms with van der Waals surface area (Å²) >= 11 is 0. The lowest BCUT2D eigenvalue weighted by molar-refractivity contribution is -0.138. The van der Waals surface area contributed by atoms with Gasteiger partial charge in [-0.2, -0.15) is 13.2 Å². The number of nitrogens with one attached hydrogen (secondary N) is 2. The highest BCUT2D eigenvalue weighted by Gasteiger charge is 2.36. The molecule has 1 aliphatic heterocycles. The lowest BCUT2D eigenvalue weighted by atomic mass is 9.92. The number of amidine groups is 1. The van der Waals surface area contributed by atoms with E-state index >= 15 is 0 Å². The molecule has 2 aliphatic rings. The molecule has 0 fully saturated rings. The molecule has 1 aliphatic carbocycles. The largest absolute Gasteiger partial charge is 0.416 e. The SMILES string of the molecule is C=C(NC1=NC(c2ccccc2C(F)(F)F)NC2=C1CCCC2)c1ccccc1C. The van der Waals surface area contributed by atoms with Gasteiger partial charge < -0.3 is 10.6 Å². The summed E-state index contributed by atoms with van der Waals surface area (Å²) in [5.74, 6) is 0.610. The monoisotopic (exact) mass is 411 g/mol. The summed E-state index contributed by atoms with van der Waals surface area (Å²) in [7, 11) is 0. The number of aryl methyl sites for hydroxylation is 1. The third kappa shape index (κ3) is 3.99. The minimum Gasteiger partial charge on any atom is -0.363 e. The minimum absolute atomic E-state index is 0.128. The van der Waals surface area contributed by atoms with Gasteiger partial charge in [-0.15, -0.1) is 0 Å². The van der Waals surface area contributed by atoms with Crippen molar-refractivity contribution < 1.29 is 13.2 Å². The lowest BCUT2D eigenvalue weighted by Gasteiger charge is -2.33. The zero-order valence-electron chi connectivity index (χ0n) is 16.8. The van der Waals surface area contributed by atoms with E-state index < -0.39 is 17.9 Å². The molecule has 4 rings (SSSR count). The van der Waals surface area contributed by atoms with E-state index in [1.54, 1.807) is 6.07 Å². The molecule has 3 nitrogen and oxygen atoms in total. The standard InChI is InChI=1S/C24H24F3N3/c1-15-9-3-4-10-17(15)16(2)28-23-19-12-6-8-14-21(19)29-22(30-23)18-11-5-7-13-20(18)24(25,26)27/h3-5,7,9-11,13,22,29H,2,6,8,12,14H2,1H3,(H,28,30). The van der Waals surface area contributed by atoms with E-state index in [9.17, 15) is 13.2 Å². The summed E-state index contributed by atoms with van der Waals surface area (Å²) in [5.41, 5.74) is 4.19. The summed E-state index contributed by atoms with van der Waals surface area (Å²) in [4.78, 5) is 4.68. The number of nitrogens with zero attached hydrogens (tertiary/aromatic N) is 1. The van der Waals surface area contributed by atoms with Crippen LogP contribution in [0.2, 0.25) is 0 Å². The number of hydrogen-bond acceptors (Lipinski definition) is 3. The molecule has 0 saturated heterocycles. The van der Waals surface area contributed by atoms with Crippen molar-refractivity contribution in [3.8, 4) is 0 Å². The van der Waals surface area contributed by atoms with E-state index in [1.165, 1.54) is 12.1 Å². The van der Waals surface area contributed by atoms with Crippen LogP contribution < -0.4 is 10.6 Å². The minimum atomic E-state index is -4.44. The Hall–Kier alpha value is -3.02. The van der Waals surface area contributed by atoms with Gasteiger partial charge in [0.15, 0.2) is 0 Å². The van der Waals surface area contributed by atoms with Crippen LogP contribution in [0.1, 0.15) is 54.1 Å². The second-order valence-corrected chi connectivity index (χ2v) is 7.69. The summed E-state index contributed by atoms with van der Waals surface area (Å²) < 4.78 is 40.8. The van der Waals surface area contributed by atoms with E-state index in [1.807, 2.05) is 31.2 Å². The van der Waals surface area contributed by atoms with Crippen molar-refractivity contribution in [2.75, 3.05) is 0 Å². The Kier molecular flexibility index (Phi) is 5.41. The van der Waals surface area contributed by atoms with Crippen LogP contribution in [0, 0.1) is 6.92 Å². The van der Waals surface area contributed by atoms with Gasteiger partial charge >= 0.3 is 6.18 Å². The van der Waals surface area contributed by atoms with E-state index in [-0.39, 0.29) is 5.56 Å². The first-order chi connectivity index (χ1) is 14.3. The molecule has 6 heteroatoms. The summed E-state index contributed by atoms with van der Waals surface area (Å²) in [6, 6.07) is 13.5. The van der Waals surface area contributed by atoms with Crippen molar-refractivity contribution in [1.29, 1.82) is 0 Å². The van der Waals surface area contributed by atoms with Gasteiger partial charge in [-0.1, -0.05) is 49.0 Å². The maximum absolute atomic E-state index is 13.6. The topological polar surface area (TPSA) is 36.4 Å². The van der Waals surface area contributed by atoms with Gasteiger partial charge in [0, 0.05) is 28.1 Å². The predicted octanol–water partition coefficient (Wildman–Crippen LogP) is 6.10. The zero-order chi connectivity index (χ0) is 21.3. The first kappa shape index (κ1) is 20.3. The molecule has 0 saturated carbocycles. The molecule has 1 atom stereocenters. The molecule has 0 radical (unpaired) electrons. The molecule has 156 valence electrons. The molecule has 1 heterocycles. The highest BCUT2D eigenvalue weighted by molar-refractivity contribution is 6.04. The van der Waals surface area contributed by atoms with Crippen LogP contribution in [-0.2, 0) is 6.18 Å². The average molecular weight is 411 g/mol. The van der Waals surface area contributed by atoms with Crippen molar-refractivity contribution >= 4 is 11.5 Å². The van der Waals surface area contributed by atoms with Gasteiger partial charge in [0.25, 0.3) is 0 Å². The molecule has 0 aromatic heterocycles. The van der Waals surface area contributed by atoms with E-state index in [0.29, 0.717) is 11.5 Å². The van der Waals surface area contributed by atoms with Crippen molar-refractivity contribution in [2.24, 2.45) is 4.99 Å². The van der Waals surface area contributed by atoms with Crippen LogP contribution >= 0.6 is 0 Å². The molecular weight excluding hydrogens is 387 g/mol. The zero-order valence-corrected chi connectivity index (χ0v) is 16.8. The maximum Gasteiger partial charge on any atom is 0.416 e. The number of aliphatic imine (C=N–C) groups is 1. The molecule has 2 aromatic carbocycles. The molecule has 0 bridgehead atoms.